The van der Waals surface area contributed by atoms with Crippen LogP contribution >= 0.6 is 0 Å². The Balaban J connectivity index is 0.000000479. The number of aliphatic carboxylic acids is 1. The van der Waals surface area contributed by atoms with Crippen LogP contribution in [0, 0.1) is 0 Å². The summed E-state index contributed by atoms with van der Waals surface area (Å²) in [6.07, 6.45) is -1.84. The van der Waals surface area contributed by atoms with Gasteiger partial charge >= 0.3 is 12.1 Å². The minimum Gasteiger partial charge on any atom is -0.475 e. The summed E-state index contributed by atoms with van der Waals surface area (Å²) in [4.78, 5) is 21.6. The molecule has 1 amide bonds. The third-order valence-corrected chi connectivity index (χ3v) is 6.88. The molecule has 0 aliphatic carbocycles. The van der Waals surface area contributed by atoms with Crippen molar-refractivity contribution in [3.8, 4) is 11.4 Å². The lowest BCUT2D eigenvalue weighted by Gasteiger charge is -2.24. The molecule has 1 aromatic carbocycles. The number of halogens is 3. The standard InChI is InChI=1S/C19H23N7O3S.C2HF3O2/c1-25-16(15-8-3-4-11-20-15)9-10-17(25)19(27)22-30(28,29)14-7-5-6-13(12-14)18-21-23-24-26(18)2;3-2(4,5)1(6)7/h5-7,9-10,12,15,20H,3-4,8,11H2,1-2H3,(H,22,27);(H,6,7). The molecule has 37 heavy (non-hydrogen) atoms. The molecule has 0 saturated carbocycles. The minimum absolute atomic E-state index is 0.0419. The van der Waals surface area contributed by atoms with Gasteiger partial charge in [0.1, 0.15) is 5.69 Å². The number of rotatable bonds is 5. The molecule has 0 bridgehead atoms. The van der Waals surface area contributed by atoms with Gasteiger partial charge in [-0.2, -0.15) is 13.2 Å². The summed E-state index contributed by atoms with van der Waals surface area (Å²) in [5.74, 6) is -3.01. The highest BCUT2D eigenvalue weighted by Crippen LogP contribution is 2.25. The van der Waals surface area contributed by atoms with Crippen LogP contribution in [0.1, 0.15) is 41.5 Å². The number of carboxylic acid groups (broad SMARTS) is 1. The van der Waals surface area contributed by atoms with Crippen LogP contribution in [-0.4, -0.2) is 62.9 Å². The van der Waals surface area contributed by atoms with Gasteiger partial charge in [0.25, 0.3) is 15.9 Å². The number of nitrogens with zero attached hydrogens (tertiary/aromatic N) is 5. The Morgan fingerprint density at radius 2 is 1.86 bits per heavy atom. The Bertz CT molecular complexity index is 1380. The van der Waals surface area contributed by atoms with Crippen molar-refractivity contribution < 1.29 is 36.3 Å². The molecular weight excluding hydrogens is 519 g/mol. The van der Waals surface area contributed by atoms with Crippen LogP contribution in [0.2, 0.25) is 0 Å². The van der Waals surface area contributed by atoms with Crippen LogP contribution in [0.5, 0.6) is 0 Å². The first-order chi connectivity index (χ1) is 17.3. The lowest BCUT2D eigenvalue weighted by Crippen LogP contribution is -2.33. The maximum Gasteiger partial charge on any atom is 0.490 e. The zero-order valence-electron chi connectivity index (χ0n) is 19.7. The molecule has 1 aliphatic rings. The number of hydrogen-bond donors (Lipinski definition) is 3. The fourth-order valence-corrected chi connectivity index (χ4v) is 4.73. The van der Waals surface area contributed by atoms with Crippen LogP contribution in [0.15, 0.2) is 41.3 Å². The quantitative estimate of drug-likeness (QED) is 0.436. The van der Waals surface area contributed by atoms with E-state index in [-0.39, 0.29) is 16.6 Å². The highest BCUT2D eigenvalue weighted by atomic mass is 32.2. The maximum absolute atomic E-state index is 12.8. The molecule has 3 heterocycles. The van der Waals surface area contributed by atoms with Gasteiger partial charge in [0.2, 0.25) is 0 Å². The predicted molar refractivity (Wildman–Crippen MR) is 123 cm³/mol. The predicted octanol–water partition coefficient (Wildman–Crippen LogP) is 1.78. The van der Waals surface area contributed by atoms with Crippen molar-refractivity contribution in [3.63, 3.8) is 0 Å². The van der Waals surface area contributed by atoms with E-state index in [1.807, 2.05) is 6.07 Å². The van der Waals surface area contributed by atoms with Crippen molar-refractivity contribution in [2.45, 2.75) is 36.4 Å². The van der Waals surface area contributed by atoms with Crippen molar-refractivity contribution >= 4 is 21.9 Å². The Morgan fingerprint density at radius 3 is 2.43 bits per heavy atom. The first-order valence-electron chi connectivity index (χ1n) is 10.9. The van der Waals surface area contributed by atoms with E-state index in [2.05, 4.69) is 25.6 Å². The van der Waals surface area contributed by atoms with Crippen LogP contribution in [0.3, 0.4) is 0 Å². The van der Waals surface area contributed by atoms with Gasteiger partial charge in [0.15, 0.2) is 5.82 Å². The van der Waals surface area contributed by atoms with E-state index >= 15 is 0 Å². The van der Waals surface area contributed by atoms with E-state index in [0.717, 1.165) is 31.5 Å². The van der Waals surface area contributed by atoms with Gasteiger partial charge in [-0.1, -0.05) is 18.6 Å². The number of tetrazole rings is 1. The third kappa shape index (κ3) is 6.71. The van der Waals surface area contributed by atoms with Crippen LogP contribution in [-0.2, 0) is 28.9 Å². The van der Waals surface area contributed by atoms with Crippen LogP contribution in [0.25, 0.3) is 11.4 Å². The fraction of sp³-hybridized carbons (Fsp3) is 0.381. The smallest absolute Gasteiger partial charge is 0.475 e. The van der Waals surface area contributed by atoms with Gasteiger partial charge in [-0.25, -0.2) is 22.6 Å². The molecule has 2 aromatic heterocycles. The van der Waals surface area contributed by atoms with E-state index in [1.54, 1.807) is 36.9 Å². The molecule has 1 atom stereocenters. The third-order valence-electron chi connectivity index (χ3n) is 5.55. The van der Waals surface area contributed by atoms with Gasteiger partial charge in [-0.05, 0) is 54.1 Å². The molecule has 1 unspecified atom stereocenters. The Kier molecular flexibility index (Phi) is 8.32. The molecule has 16 heteroatoms. The second-order valence-electron chi connectivity index (χ2n) is 8.10. The summed E-state index contributed by atoms with van der Waals surface area (Å²) in [5.41, 5.74) is 1.78. The van der Waals surface area contributed by atoms with Crippen LogP contribution in [0.4, 0.5) is 13.2 Å². The monoisotopic (exact) mass is 543 g/mol. The average Bonchev–Trinajstić information content (AvgIpc) is 3.44. The highest BCUT2D eigenvalue weighted by Gasteiger charge is 2.38. The molecule has 200 valence electrons. The lowest BCUT2D eigenvalue weighted by atomic mass is 10.0. The molecule has 1 fully saturated rings. The molecule has 0 radical (unpaired) electrons. The highest BCUT2D eigenvalue weighted by molar-refractivity contribution is 7.90. The largest absolute Gasteiger partial charge is 0.490 e. The number of amides is 1. The number of hydrogen-bond acceptors (Lipinski definition) is 8. The van der Waals surface area contributed by atoms with Gasteiger partial charge in [-0.15, -0.1) is 5.10 Å². The molecular formula is C21H24F3N7O5S. The lowest BCUT2D eigenvalue weighted by molar-refractivity contribution is -0.192. The molecule has 0 spiro atoms. The summed E-state index contributed by atoms with van der Waals surface area (Å²) < 4.78 is 62.7. The number of piperidine rings is 1. The number of alkyl halides is 3. The Hall–Kier alpha value is -3.79. The van der Waals surface area contributed by atoms with Crippen molar-refractivity contribution in [1.29, 1.82) is 0 Å². The van der Waals surface area contributed by atoms with Crippen molar-refractivity contribution in [2.24, 2.45) is 14.1 Å². The van der Waals surface area contributed by atoms with E-state index in [1.165, 1.54) is 16.8 Å². The number of carboxylic acids is 1. The normalized spacial score (nSPS) is 16.0. The summed E-state index contributed by atoms with van der Waals surface area (Å²) in [7, 11) is -0.641. The Morgan fingerprint density at radius 1 is 1.16 bits per heavy atom. The van der Waals surface area contributed by atoms with E-state index in [4.69, 9.17) is 9.90 Å². The maximum atomic E-state index is 12.8. The number of aryl methyl sites for hydroxylation is 1. The van der Waals surface area contributed by atoms with Gasteiger partial charge in [0, 0.05) is 31.4 Å². The second-order valence-corrected chi connectivity index (χ2v) is 9.78. The molecule has 3 aromatic rings. The van der Waals surface area contributed by atoms with Crippen molar-refractivity contribution in [3.05, 3.63) is 47.8 Å². The van der Waals surface area contributed by atoms with E-state index in [9.17, 15) is 26.4 Å². The minimum atomic E-state index is -5.08. The first-order valence-corrected chi connectivity index (χ1v) is 12.4. The number of nitrogens with one attached hydrogen (secondary N) is 2. The number of carbonyl (C=O) groups excluding carboxylic acids is 1. The van der Waals surface area contributed by atoms with E-state index < -0.39 is 28.1 Å². The average molecular weight is 544 g/mol. The summed E-state index contributed by atoms with van der Waals surface area (Å²) >= 11 is 0. The van der Waals surface area contributed by atoms with Gasteiger partial charge in [0.05, 0.1) is 4.90 Å². The summed E-state index contributed by atoms with van der Waals surface area (Å²) in [6, 6.07) is 9.82. The number of aromatic nitrogens is 5. The number of sulfonamides is 1. The number of benzene rings is 1. The molecule has 1 saturated heterocycles. The topological polar surface area (TPSA) is 161 Å². The zero-order valence-corrected chi connectivity index (χ0v) is 20.5. The zero-order chi connectivity index (χ0) is 27.4. The Labute approximate surface area is 209 Å². The summed E-state index contributed by atoms with van der Waals surface area (Å²) in [6.45, 7) is 0.934. The molecule has 1 aliphatic heterocycles. The number of carbonyl (C=O) groups is 2. The van der Waals surface area contributed by atoms with Gasteiger partial charge < -0.3 is 15.0 Å². The summed E-state index contributed by atoms with van der Waals surface area (Å²) in [5, 5.41) is 21.8. The van der Waals surface area contributed by atoms with Crippen LogP contribution < -0.4 is 10.0 Å². The fourth-order valence-electron chi connectivity index (χ4n) is 3.72. The molecule has 12 nitrogen and oxygen atoms in total. The van der Waals surface area contributed by atoms with Crippen molar-refractivity contribution in [1.82, 2.24) is 34.8 Å². The van der Waals surface area contributed by atoms with E-state index in [0.29, 0.717) is 11.4 Å². The van der Waals surface area contributed by atoms with Gasteiger partial charge in [-0.3, -0.25) is 4.79 Å². The molecule has 3 N–H and O–H groups in total. The first kappa shape index (κ1) is 27.8. The molecule has 4 rings (SSSR count). The second kappa shape index (κ2) is 11.1. The van der Waals surface area contributed by atoms with Crippen molar-refractivity contribution in [2.75, 3.05) is 6.54 Å². The SMILES string of the molecule is Cn1nnnc1-c1cccc(S(=O)(=O)NC(=O)c2ccc(C3CCCCN3)n2C)c1.O=C(O)C(F)(F)F.